The minimum absolute atomic E-state index is 0.0511. The van der Waals surface area contributed by atoms with Crippen molar-refractivity contribution >= 4 is 60.8 Å². The largest absolute Gasteiger partial charge is 0.325 e. The van der Waals surface area contributed by atoms with Gasteiger partial charge in [0.25, 0.3) is 5.56 Å². The molecule has 3 aromatic rings. The maximum Gasteiger partial charge on any atom is 0.259 e. The van der Waals surface area contributed by atoms with Crippen LogP contribution in [0.5, 0.6) is 0 Å². The van der Waals surface area contributed by atoms with Gasteiger partial charge in [-0.1, -0.05) is 15.9 Å². The summed E-state index contributed by atoms with van der Waals surface area (Å²) < 4.78 is 1.01. The Morgan fingerprint density at radius 3 is 3.07 bits per heavy atom. The van der Waals surface area contributed by atoms with Gasteiger partial charge in [0.05, 0.1) is 16.9 Å². The lowest BCUT2D eigenvalue weighted by atomic mass is 10.2. The number of thiophene rings is 1. The Bertz CT molecular complexity index is 1090. The molecule has 0 unspecified atom stereocenters. The molecule has 0 spiro atoms. The fourth-order valence-corrected chi connectivity index (χ4v) is 5.49. The number of nitrogens with zero attached hydrogens (tertiary/aromatic N) is 1. The maximum absolute atomic E-state index is 12.4. The highest BCUT2D eigenvalue weighted by molar-refractivity contribution is 9.10. The second-order valence-corrected chi connectivity index (χ2v) is 9.48. The van der Waals surface area contributed by atoms with Gasteiger partial charge in [0.1, 0.15) is 10.7 Å². The number of aromatic amines is 1. The van der Waals surface area contributed by atoms with E-state index in [0.717, 1.165) is 45.2 Å². The Hall–Kier alpha value is -1.64. The van der Waals surface area contributed by atoms with Crippen LogP contribution in [0, 0.1) is 6.92 Å². The highest BCUT2D eigenvalue weighted by Crippen LogP contribution is 2.34. The van der Waals surface area contributed by atoms with Crippen molar-refractivity contribution in [1.29, 1.82) is 0 Å². The Morgan fingerprint density at radius 1 is 1.41 bits per heavy atom. The van der Waals surface area contributed by atoms with Crippen molar-refractivity contribution in [2.75, 3.05) is 11.1 Å². The van der Waals surface area contributed by atoms with Crippen LogP contribution in [0.2, 0.25) is 0 Å². The number of benzene rings is 1. The molecule has 0 fully saturated rings. The van der Waals surface area contributed by atoms with Crippen LogP contribution in [0.4, 0.5) is 5.69 Å². The molecule has 1 aliphatic rings. The normalized spacial score (nSPS) is 13.1. The monoisotopic (exact) mass is 463 g/mol. The minimum Gasteiger partial charge on any atom is -0.325 e. The van der Waals surface area contributed by atoms with Crippen molar-refractivity contribution in [1.82, 2.24) is 9.97 Å². The van der Waals surface area contributed by atoms with Gasteiger partial charge in [-0.3, -0.25) is 9.59 Å². The first-order valence-corrected chi connectivity index (χ1v) is 11.4. The Labute approximate surface area is 173 Å². The Balaban J connectivity index is 1.38. The molecule has 2 N–H and O–H groups in total. The molecule has 4 rings (SSSR count). The van der Waals surface area contributed by atoms with E-state index in [4.69, 9.17) is 0 Å². The van der Waals surface area contributed by atoms with E-state index in [1.165, 1.54) is 22.2 Å². The first-order chi connectivity index (χ1) is 13.0. The van der Waals surface area contributed by atoms with E-state index >= 15 is 0 Å². The number of rotatable bonds is 5. The van der Waals surface area contributed by atoms with Gasteiger partial charge < -0.3 is 10.3 Å². The zero-order valence-corrected chi connectivity index (χ0v) is 17.9. The number of fused-ring (bicyclic) bond motifs is 3. The number of aromatic nitrogens is 2. The van der Waals surface area contributed by atoms with Crippen LogP contribution >= 0.6 is 39.0 Å². The highest BCUT2D eigenvalue weighted by Gasteiger charge is 2.21. The van der Waals surface area contributed by atoms with Gasteiger partial charge >= 0.3 is 0 Å². The lowest BCUT2D eigenvalue weighted by Crippen LogP contribution is -2.15. The summed E-state index contributed by atoms with van der Waals surface area (Å²) in [4.78, 5) is 34.2. The van der Waals surface area contributed by atoms with Crippen molar-refractivity contribution in [3.8, 4) is 0 Å². The second-order valence-electron chi connectivity index (χ2n) is 6.56. The van der Waals surface area contributed by atoms with Crippen molar-refractivity contribution in [2.45, 2.75) is 31.9 Å². The molecule has 1 amide bonds. The zero-order chi connectivity index (χ0) is 19.0. The summed E-state index contributed by atoms with van der Waals surface area (Å²) >= 11 is 6.52. The third-order valence-corrected chi connectivity index (χ3v) is 7.56. The highest BCUT2D eigenvalue weighted by atomic mass is 79.9. The number of halogens is 1. The van der Waals surface area contributed by atoms with Crippen molar-refractivity contribution in [3.05, 3.63) is 54.9 Å². The summed E-state index contributed by atoms with van der Waals surface area (Å²) in [5.74, 6) is 1.36. The van der Waals surface area contributed by atoms with E-state index < -0.39 is 0 Å². The molecule has 0 radical (unpaired) electrons. The van der Waals surface area contributed by atoms with Gasteiger partial charge in [-0.15, -0.1) is 23.1 Å². The summed E-state index contributed by atoms with van der Waals surface area (Å²) in [5, 5.41) is 3.66. The molecule has 5 nitrogen and oxygen atoms in total. The standard InChI is InChI=1S/C19H18BrN3O2S2/c1-10-7-11(5-6-13(10)20)21-16(24)9-26-8-15-22-18(25)17-12-3-2-4-14(12)27-19(17)23-15/h5-7H,2-4,8-9H2,1H3,(H,21,24)(H,22,23,25). The molecule has 140 valence electrons. The molecule has 0 saturated heterocycles. The molecule has 0 atom stereocenters. The molecule has 0 aliphatic heterocycles. The van der Waals surface area contributed by atoms with Crippen molar-refractivity contribution < 1.29 is 4.79 Å². The topological polar surface area (TPSA) is 74.8 Å². The van der Waals surface area contributed by atoms with Gasteiger partial charge in [0, 0.05) is 15.0 Å². The van der Waals surface area contributed by atoms with Crippen LogP contribution in [0.25, 0.3) is 10.2 Å². The van der Waals surface area contributed by atoms with E-state index in [-0.39, 0.29) is 11.5 Å². The third-order valence-electron chi connectivity index (χ3n) is 4.54. The van der Waals surface area contributed by atoms with Gasteiger partial charge in [0.2, 0.25) is 5.91 Å². The van der Waals surface area contributed by atoms with Gasteiger partial charge in [-0.05, 0) is 55.5 Å². The van der Waals surface area contributed by atoms with E-state index in [1.54, 1.807) is 11.3 Å². The summed E-state index contributed by atoms with van der Waals surface area (Å²) in [7, 11) is 0. The zero-order valence-electron chi connectivity index (χ0n) is 14.7. The van der Waals surface area contributed by atoms with E-state index in [1.807, 2.05) is 25.1 Å². The minimum atomic E-state index is -0.0692. The number of aryl methyl sites for hydroxylation is 3. The van der Waals surface area contributed by atoms with Crippen LogP contribution in [0.1, 0.15) is 28.2 Å². The third kappa shape index (κ3) is 3.97. The molecule has 8 heteroatoms. The number of nitrogens with one attached hydrogen (secondary N) is 2. The molecular weight excluding hydrogens is 446 g/mol. The molecule has 1 aromatic carbocycles. The average molecular weight is 464 g/mol. The average Bonchev–Trinajstić information content (AvgIpc) is 3.18. The van der Waals surface area contributed by atoms with E-state index in [2.05, 4.69) is 31.2 Å². The predicted octanol–water partition coefficient (Wildman–Crippen LogP) is 4.42. The number of hydrogen-bond donors (Lipinski definition) is 2. The van der Waals surface area contributed by atoms with Crippen LogP contribution in [-0.4, -0.2) is 21.6 Å². The molecule has 2 aromatic heterocycles. The summed E-state index contributed by atoms with van der Waals surface area (Å²) in [6.45, 7) is 1.98. The van der Waals surface area contributed by atoms with Crippen LogP contribution in [0.15, 0.2) is 27.5 Å². The molecule has 1 aliphatic carbocycles. The maximum atomic E-state index is 12.4. The number of anilines is 1. The molecule has 0 saturated carbocycles. The fraction of sp³-hybridized carbons (Fsp3) is 0.316. The summed E-state index contributed by atoms with van der Waals surface area (Å²) in [6, 6.07) is 5.71. The number of H-pyrrole nitrogens is 1. The SMILES string of the molecule is Cc1cc(NC(=O)CSCc2nc3sc4c(c3c(=O)[nH]2)CCC4)ccc1Br. The molecule has 0 bridgehead atoms. The lowest BCUT2D eigenvalue weighted by Gasteiger charge is -2.07. The number of hydrogen-bond acceptors (Lipinski definition) is 5. The van der Waals surface area contributed by atoms with Gasteiger partial charge in [-0.25, -0.2) is 4.98 Å². The molecule has 2 heterocycles. The smallest absolute Gasteiger partial charge is 0.259 e. The lowest BCUT2D eigenvalue weighted by molar-refractivity contribution is -0.113. The Morgan fingerprint density at radius 2 is 2.26 bits per heavy atom. The quantitative estimate of drug-likeness (QED) is 0.587. The van der Waals surface area contributed by atoms with Crippen LogP contribution in [-0.2, 0) is 23.4 Å². The first-order valence-electron chi connectivity index (χ1n) is 8.68. The fourth-order valence-electron chi connectivity index (χ4n) is 3.28. The van der Waals surface area contributed by atoms with E-state index in [0.29, 0.717) is 17.3 Å². The van der Waals surface area contributed by atoms with Crippen molar-refractivity contribution in [3.63, 3.8) is 0 Å². The van der Waals surface area contributed by atoms with Crippen LogP contribution in [0.3, 0.4) is 0 Å². The summed E-state index contributed by atoms with van der Waals surface area (Å²) in [6.07, 6.45) is 3.15. The van der Waals surface area contributed by atoms with E-state index in [9.17, 15) is 9.59 Å². The molecular formula is C19H18BrN3O2S2. The first kappa shape index (κ1) is 18.7. The molecule has 27 heavy (non-hydrogen) atoms. The van der Waals surface area contributed by atoms with Crippen molar-refractivity contribution in [2.24, 2.45) is 0 Å². The number of carbonyl (C=O) groups excluding carboxylic acids is 1. The Kier molecular flexibility index (Phi) is 5.39. The van der Waals surface area contributed by atoms with Crippen LogP contribution < -0.4 is 10.9 Å². The summed E-state index contributed by atoms with van der Waals surface area (Å²) in [5.41, 5.74) is 2.98. The second kappa shape index (κ2) is 7.77. The van der Waals surface area contributed by atoms with Gasteiger partial charge in [-0.2, -0.15) is 0 Å². The number of carbonyl (C=O) groups is 1. The number of amides is 1. The number of thioether (sulfide) groups is 1. The van der Waals surface area contributed by atoms with Gasteiger partial charge in [0.15, 0.2) is 0 Å². The predicted molar refractivity (Wildman–Crippen MR) is 116 cm³/mol.